The van der Waals surface area contributed by atoms with Crippen LogP contribution in [-0.2, 0) is 4.79 Å². The predicted molar refractivity (Wildman–Crippen MR) is 59.0 cm³/mol. The molecule has 1 amide bonds. The van der Waals surface area contributed by atoms with Gasteiger partial charge in [0.25, 0.3) is 0 Å². The molecule has 0 aliphatic heterocycles. The van der Waals surface area contributed by atoms with Crippen LogP contribution >= 0.6 is 0 Å². The summed E-state index contributed by atoms with van der Waals surface area (Å²) in [6.07, 6.45) is 7.20. The summed E-state index contributed by atoms with van der Waals surface area (Å²) in [4.78, 5) is 11.2. The fourth-order valence-corrected chi connectivity index (χ4v) is 2.35. The average molecular weight is 208 g/mol. The van der Waals surface area contributed by atoms with E-state index in [2.05, 4.69) is 12.2 Å². The van der Waals surface area contributed by atoms with Gasteiger partial charge in [-0.05, 0) is 31.6 Å². The van der Waals surface area contributed by atoms with E-state index in [0.29, 0.717) is 6.04 Å². The first-order valence-corrected chi connectivity index (χ1v) is 5.92. The Hall–Kier alpha value is -1.04. The molecule has 0 bridgehead atoms. The zero-order valence-electron chi connectivity index (χ0n) is 9.46. The molecule has 0 radical (unpaired) electrons. The quantitative estimate of drug-likeness (QED) is 0.771. The van der Waals surface area contributed by atoms with Crippen LogP contribution in [0.4, 0.5) is 0 Å². The Bertz CT molecular complexity index is 236. The minimum Gasteiger partial charge on any atom is -0.352 e. The van der Waals surface area contributed by atoms with Gasteiger partial charge in [-0.1, -0.05) is 19.8 Å². The summed E-state index contributed by atoms with van der Waals surface area (Å²) >= 11 is 0. The number of nitrogens with zero attached hydrogens (tertiary/aromatic N) is 1. The highest BCUT2D eigenvalue weighted by Gasteiger charge is 2.21. The Labute approximate surface area is 91.9 Å². The maximum absolute atomic E-state index is 11.2. The van der Waals surface area contributed by atoms with Gasteiger partial charge in [0.05, 0.1) is 6.07 Å². The Balaban J connectivity index is 2.20. The third kappa shape index (κ3) is 4.33. The van der Waals surface area contributed by atoms with E-state index in [4.69, 9.17) is 5.26 Å². The second kappa shape index (κ2) is 6.44. The summed E-state index contributed by atoms with van der Waals surface area (Å²) in [7, 11) is 0. The lowest BCUT2D eigenvalue weighted by Crippen LogP contribution is -2.37. The molecule has 1 aliphatic carbocycles. The zero-order chi connectivity index (χ0) is 11.1. The standard InChI is InChI=1S/C12H20N2O/c1-2-3-10-4-6-11(7-5-10)14-12(15)8-9-13/h10-11H,2-8H2,1H3,(H,14,15). The summed E-state index contributed by atoms with van der Waals surface area (Å²) in [6.45, 7) is 2.22. The van der Waals surface area contributed by atoms with Crippen LogP contribution in [0.1, 0.15) is 51.9 Å². The summed E-state index contributed by atoms with van der Waals surface area (Å²) in [5, 5.41) is 11.3. The smallest absolute Gasteiger partial charge is 0.234 e. The van der Waals surface area contributed by atoms with Crippen molar-refractivity contribution in [2.75, 3.05) is 0 Å². The highest BCUT2D eigenvalue weighted by molar-refractivity contribution is 5.78. The topological polar surface area (TPSA) is 52.9 Å². The van der Waals surface area contributed by atoms with Crippen molar-refractivity contribution < 1.29 is 4.79 Å². The number of carbonyl (C=O) groups is 1. The van der Waals surface area contributed by atoms with Gasteiger partial charge in [0.15, 0.2) is 0 Å². The lowest BCUT2D eigenvalue weighted by molar-refractivity contribution is -0.121. The number of amides is 1. The predicted octanol–water partition coefficient (Wildman–Crippen LogP) is 2.38. The van der Waals surface area contributed by atoms with Gasteiger partial charge in [0.2, 0.25) is 5.91 Å². The van der Waals surface area contributed by atoms with Gasteiger partial charge >= 0.3 is 0 Å². The molecule has 0 aromatic rings. The first-order chi connectivity index (χ1) is 7.26. The summed E-state index contributed by atoms with van der Waals surface area (Å²) in [6, 6.07) is 2.19. The van der Waals surface area contributed by atoms with Gasteiger partial charge in [-0.2, -0.15) is 5.26 Å². The van der Waals surface area contributed by atoms with E-state index >= 15 is 0 Å². The van der Waals surface area contributed by atoms with Gasteiger partial charge in [-0.15, -0.1) is 0 Å². The molecule has 0 atom stereocenters. The fourth-order valence-electron chi connectivity index (χ4n) is 2.35. The molecule has 0 unspecified atom stereocenters. The minimum atomic E-state index is -0.114. The number of rotatable bonds is 4. The van der Waals surface area contributed by atoms with Crippen molar-refractivity contribution in [1.29, 1.82) is 5.26 Å². The van der Waals surface area contributed by atoms with Crippen LogP contribution in [0.15, 0.2) is 0 Å². The molecule has 0 aromatic heterocycles. The zero-order valence-corrected chi connectivity index (χ0v) is 9.46. The Morgan fingerprint density at radius 2 is 2.07 bits per heavy atom. The van der Waals surface area contributed by atoms with Gasteiger partial charge < -0.3 is 5.32 Å². The molecule has 0 aromatic carbocycles. The van der Waals surface area contributed by atoms with Crippen molar-refractivity contribution in [3.8, 4) is 6.07 Å². The van der Waals surface area contributed by atoms with Crippen molar-refractivity contribution in [2.24, 2.45) is 5.92 Å². The van der Waals surface area contributed by atoms with E-state index < -0.39 is 0 Å². The number of nitriles is 1. The van der Waals surface area contributed by atoms with E-state index in [0.717, 1.165) is 18.8 Å². The molecule has 0 spiro atoms. The molecule has 1 fully saturated rings. The fraction of sp³-hybridized carbons (Fsp3) is 0.833. The molecule has 1 aliphatic rings. The highest BCUT2D eigenvalue weighted by Crippen LogP contribution is 2.27. The largest absolute Gasteiger partial charge is 0.352 e. The summed E-state index contributed by atoms with van der Waals surface area (Å²) in [5.74, 6) is 0.746. The van der Waals surface area contributed by atoms with Gasteiger partial charge in [0, 0.05) is 6.04 Å². The molecule has 1 N–H and O–H groups in total. The van der Waals surface area contributed by atoms with E-state index in [1.165, 1.54) is 25.7 Å². The second-order valence-corrected chi connectivity index (χ2v) is 4.41. The highest BCUT2D eigenvalue weighted by atomic mass is 16.1. The third-order valence-electron chi connectivity index (χ3n) is 3.15. The van der Waals surface area contributed by atoms with Crippen molar-refractivity contribution in [1.82, 2.24) is 5.32 Å². The van der Waals surface area contributed by atoms with Crippen LogP contribution in [-0.4, -0.2) is 11.9 Å². The number of carbonyl (C=O) groups excluding carboxylic acids is 1. The lowest BCUT2D eigenvalue weighted by atomic mass is 9.83. The molecule has 3 heteroatoms. The van der Waals surface area contributed by atoms with E-state index in [-0.39, 0.29) is 12.3 Å². The number of hydrogen-bond donors (Lipinski definition) is 1. The molecule has 15 heavy (non-hydrogen) atoms. The molecule has 84 valence electrons. The van der Waals surface area contributed by atoms with E-state index in [1.807, 2.05) is 6.07 Å². The summed E-state index contributed by atoms with van der Waals surface area (Å²) in [5.41, 5.74) is 0. The molecule has 3 nitrogen and oxygen atoms in total. The normalized spacial score (nSPS) is 25.6. The third-order valence-corrected chi connectivity index (χ3v) is 3.15. The maximum atomic E-state index is 11.2. The monoisotopic (exact) mass is 208 g/mol. The van der Waals surface area contributed by atoms with Crippen LogP contribution in [0.2, 0.25) is 0 Å². The summed E-state index contributed by atoms with van der Waals surface area (Å²) < 4.78 is 0. The van der Waals surface area contributed by atoms with Crippen molar-refractivity contribution in [3.63, 3.8) is 0 Å². The number of nitrogens with one attached hydrogen (secondary N) is 1. The first kappa shape index (κ1) is 12.0. The second-order valence-electron chi connectivity index (χ2n) is 4.41. The molecule has 1 saturated carbocycles. The first-order valence-electron chi connectivity index (χ1n) is 5.92. The van der Waals surface area contributed by atoms with Crippen LogP contribution < -0.4 is 5.32 Å². The molecule has 1 rings (SSSR count). The van der Waals surface area contributed by atoms with Crippen molar-refractivity contribution in [3.05, 3.63) is 0 Å². The molecule has 0 heterocycles. The van der Waals surface area contributed by atoms with Crippen LogP contribution in [0.25, 0.3) is 0 Å². The Morgan fingerprint density at radius 1 is 1.40 bits per heavy atom. The van der Waals surface area contributed by atoms with Crippen molar-refractivity contribution >= 4 is 5.91 Å². The number of hydrogen-bond acceptors (Lipinski definition) is 2. The molecule has 0 saturated heterocycles. The van der Waals surface area contributed by atoms with E-state index in [9.17, 15) is 4.79 Å². The Morgan fingerprint density at radius 3 is 2.60 bits per heavy atom. The Kier molecular flexibility index (Phi) is 5.17. The SMILES string of the molecule is CCCC1CCC(NC(=O)CC#N)CC1. The van der Waals surface area contributed by atoms with Gasteiger partial charge in [-0.3, -0.25) is 4.79 Å². The van der Waals surface area contributed by atoms with Crippen LogP contribution in [0.3, 0.4) is 0 Å². The molecular formula is C12H20N2O. The minimum absolute atomic E-state index is 0.00507. The van der Waals surface area contributed by atoms with Crippen LogP contribution in [0, 0.1) is 17.2 Å². The van der Waals surface area contributed by atoms with Gasteiger partial charge in [-0.25, -0.2) is 0 Å². The average Bonchev–Trinajstić information content (AvgIpc) is 2.22. The lowest BCUT2D eigenvalue weighted by Gasteiger charge is -2.28. The maximum Gasteiger partial charge on any atom is 0.234 e. The van der Waals surface area contributed by atoms with Crippen molar-refractivity contribution in [2.45, 2.75) is 57.9 Å². The van der Waals surface area contributed by atoms with E-state index in [1.54, 1.807) is 0 Å². The van der Waals surface area contributed by atoms with Gasteiger partial charge in [0.1, 0.15) is 6.42 Å². The van der Waals surface area contributed by atoms with Crippen LogP contribution in [0.5, 0.6) is 0 Å². The molecular weight excluding hydrogens is 188 g/mol.